The number of allylic oxidation sites excluding steroid dienone is 1. The zero-order valence-electron chi connectivity index (χ0n) is 33.4. The van der Waals surface area contributed by atoms with Gasteiger partial charge in [0.2, 0.25) is 0 Å². The molecule has 5 aliphatic rings. The van der Waals surface area contributed by atoms with Crippen molar-refractivity contribution in [3.05, 3.63) is 76.0 Å². The van der Waals surface area contributed by atoms with Gasteiger partial charge in [-0.2, -0.15) is 25.5 Å². The second kappa shape index (κ2) is 19.1. The van der Waals surface area contributed by atoms with Crippen LogP contribution in [-0.2, 0) is 21.1 Å². The van der Waals surface area contributed by atoms with Crippen LogP contribution in [-0.4, -0.2) is 87.3 Å². The first-order chi connectivity index (χ1) is 27.0. The van der Waals surface area contributed by atoms with E-state index in [1.165, 1.54) is 79.2 Å². The van der Waals surface area contributed by atoms with E-state index < -0.39 is 0 Å². The van der Waals surface area contributed by atoms with Gasteiger partial charge in [0.15, 0.2) is 0 Å². The van der Waals surface area contributed by atoms with Crippen molar-refractivity contribution in [2.24, 2.45) is 37.8 Å². The number of aromatic nitrogens is 10. The van der Waals surface area contributed by atoms with Crippen LogP contribution in [0.1, 0.15) is 87.4 Å². The number of hydrogen-bond acceptors (Lipinski definition) is 11. The number of nitrogen functional groups attached to an aromatic ring is 2. The molecule has 4 aliphatic carbocycles. The molecule has 0 amide bonds. The van der Waals surface area contributed by atoms with Crippen LogP contribution in [0, 0.1) is 9.49 Å². The van der Waals surface area contributed by atoms with Crippen LogP contribution in [0.3, 0.4) is 0 Å². The lowest BCUT2D eigenvalue weighted by Gasteiger charge is -2.30. The first-order valence-corrected chi connectivity index (χ1v) is 20.8. The molecule has 0 spiro atoms. The predicted molar refractivity (Wildman–Crippen MR) is 231 cm³/mol. The van der Waals surface area contributed by atoms with E-state index in [0.717, 1.165) is 35.2 Å². The summed E-state index contributed by atoms with van der Waals surface area (Å²) in [6.07, 6.45) is 26.3. The van der Waals surface area contributed by atoms with Crippen molar-refractivity contribution in [3.8, 4) is 11.4 Å². The van der Waals surface area contributed by atoms with Gasteiger partial charge in [0.1, 0.15) is 23.0 Å². The molecule has 0 saturated heterocycles. The number of nitrogens with one attached hydrogen (secondary N) is 2. The molecule has 4 fully saturated rings. The van der Waals surface area contributed by atoms with Gasteiger partial charge in [0, 0.05) is 86.4 Å². The van der Waals surface area contributed by atoms with Crippen LogP contribution in [0.15, 0.2) is 66.1 Å². The molecule has 0 unspecified atom stereocenters. The molecule has 2 atom stereocenters. The highest BCUT2D eigenvalue weighted by Crippen LogP contribution is 2.41. The van der Waals surface area contributed by atoms with E-state index in [2.05, 4.69) is 77.8 Å². The SMILES string of the molecule is CN[C@@H]1CCCC[C@H]1NC.Cn1cc(-n2nc(C3CC3)cc2N)cn1.Cn1cc(-n2nc(N)cc2C2CC2)cn1.Cn1cc(I)cn1.NC1=CC(C2CC2)=NC1. The molecule has 56 heavy (non-hydrogen) atoms. The largest absolute Gasteiger partial charge is 0.400 e. The van der Waals surface area contributed by atoms with Gasteiger partial charge in [-0.05, 0) is 94.1 Å². The molecular weight excluding hydrogens is 819 g/mol. The van der Waals surface area contributed by atoms with Crippen LogP contribution in [0.2, 0.25) is 0 Å². The first kappa shape index (κ1) is 41.2. The van der Waals surface area contributed by atoms with Gasteiger partial charge in [-0.25, -0.2) is 9.36 Å². The molecule has 0 aromatic carbocycles. The van der Waals surface area contributed by atoms with Crippen molar-refractivity contribution in [3.63, 3.8) is 0 Å². The van der Waals surface area contributed by atoms with Crippen LogP contribution in [0.4, 0.5) is 11.6 Å². The molecule has 5 aromatic heterocycles. The summed E-state index contributed by atoms with van der Waals surface area (Å²) in [6.45, 7) is 0.742. The minimum absolute atomic E-state index is 0.584. The van der Waals surface area contributed by atoms with Crippen LogP contribution in [0.25, 0.3) is 11.4 Å². The molecule has 0 bridgehead atoms. The number of halogens is 1. The maximum Gasteiger partial charge on any atom is 0.146 e. The zero-order valence-corrected chi connectivity index (χ0v) is 35.5. The highest BCUT2D eigenvalue weighted by molar-refractivity contribution is 14.1. The average molecular weight is 879 g/mol. The number of nitrogens with zero attached hydrogens (tertiary/aromatic N) is 11. The normalized spacial score (nSPS) is 19.9. The van der Waals surface area contributed by atoms with Gasteiger partial charge < -0.3 is 27.8 Å². The number of aryl methyl sites for hydroxylation is 3. The molecule has 6 heterocycles. The smallest absolute Gasteiger partial charge is 0.146 e. The van der Waals surface area contributed by atoms with Crippen molar-refractivity contribution in [2.45, 2.75) is 88.1 Å². The number of aliphatic imine (C=N–C) groups is 1. The first-order valence-electron chi connectivity index (χ1n) is 19.7. The molecule has 4 saturated carbocycles. The number of anilines is 2. The highest BCUT2D eigenvalue weighted by atomic mass is 127. The molecule has 16 nitrogen and oxygen atoms in total. The minimum Gasteiger partial charge on any atom is -0.400 e. The van der Waals surface area contributed by atoms with Gasteiger partial charge >= 0.3 is 0 Å². The van der Waals surface area contributed by atoms with E-state index in [1.807, 2.05) is 68.8 Å². The second-order valence-corrected chi connectivity index (χ2v) is 16.5. The van der Waals surface area contributed by atoms with Crippen molar-refractivity contribution in [1.29, 1.82) is 0 Å². The summed E-state index contributed by atoms with van der Waals surface area (Å²) in [5, 5.41) is 27.6. The third-order valence-electron chi connectivity index (χ3n) is 10.3. The summed E-state index contributed by atoms with van der Waals surface area (Å²) in [4.78, 5) is 4.28. The van der Waals surface area contributed by atoms with Gasteiger partial charge in [0.25, 0.3) is 0 Å². The number of rotatable bonds is 7. The summed E-state index contributed by atoms with van der Waals surface area (Å²) < 4.78 is 10.1. The molecule has 10 rings (SSSR count). The lowest BCUT2D eigenvalue weighted by Crippen LogP contribution is -2.47. The standard InChI is InChI=1S/2C10H13N5.C8H18N2.C7H10N2.C4H5IN2/c1-14-6-8(5-12-14)15-9(7-2-3-7)4-10(11)13-15;1-14-6-8(5-12-14)15-10(11)4-9(13-15)7-2-3-7;1-9-7-5-3-4-6-8(7)10-2;8-6-3-7(9-4-6)5-1-2-5;1-7-3-4(5)2-6-7/h4-7H,2-3H2,1H3,(H2,11,13);4-7H,2-3,11H2,1H3;7-10H,3-6H2,1-2H3;3,5H,1-2,4,8H2;2-3H,1H3/t;;7-,8-;;/m..1../s1. The van der Waals surface area contributed by atoms with Gasteiger partial charge in [-0.1, -0.05) is 12.8 Å². The lowest BCUT2D eigenvalue weighted by molar-refractivity contribution is 0.309. The lowest BCUT2D eigenvalue weighted by atomic mass is 9.91. The summed E-state index contributed by atoms with van der Waals surface area (Å²) in [7, 11) is 9.79. The fourth-order valence-corrected chi connectivity index (χ4v) is 7.36. The average Bonchev–Trinajstić information content (AvgIpc) is 4.15. The van der Waals surface area contributed by atoms with Crippen molar-refractivity contribution < 1.29 is 0 Å². The fraction of sp³-hybridized carbons (Fsp3) is 0.538. The zero-order chi connectivity index (χ0) is 39.8. The molecule has 1 aliphatic heterocycles. The molecule has 0 radical (unpaired) electrons. The third-order valence-corrected chi connectivity index (χ3v) is 10.9. The number of hydrogen-bond donors (Lipinski definition) is 5. The molecule has 5 aromatic rings. The molecule has 17 heteroatoms. The Morgan fingerprint density at radius 3 is 1.64 bits per heavy atom. The van der Waals surface area contributed by atoms with Crippen LogP contribution >= 0.6 is 22.6 Å². The number of nitrogens with two attached hydrogens (primary N) is 3. The highest BCUT2D eigenvalue weighted by Gasteiger charge is 2.29. The van der Waals surface area contributed by atoms with E-state index in [9.17, 15) is 0 Å². The minimum atomic E-state index is 0.584. The monoisotopic (exact) mass is 878 g/mol. The predicted octanol–water partition coefficient (Wildman–Crippen LogP) is 4.59. The van der Waals surface area contributed by atoms with E-state index in [0.29, 0.717) is 35.6 Å². The van der Waals surface area contributed by atoms with Crippen molar-refractivity contribution in [2.75, 3.05) is 32.1 Å². The summed E-state index contributed by atoms with van der Waals surface area (Å²) >= 11 is 2.22. The van der Waals surface area contributed by atoms with E-state index in [4.69, 9.17) is 17.2 Å². The summed E-state index contributed by atoms with van der Waals surface area (Å²) in [6, 6.07) is 5.34. The Labute approximate surface area is 343 Å². The Balaban J connectivity index is 0.000000122. The third kappa shape index (κ3) is 11.8. The topological polar surface area (TPSA) is 204 Å². The Morgan fingerprint density at radius 1 is 0.661 bits per heavy atom. The van der Waals surface area contributed by atoms with E-state index in [-0.39, 0.29) is 0 Å². The second-order valence-electron chi connectivity index (χ2n) is 15.2. The molecular formula is C39H59IN16. The van der Waals surface area contributed by atoms with Crippen molar-refractivity contribution >= 4 is 39.9 Å². The fourth-order valence-electron chi connectivity index (χ4n) is 6.83. The molecule has 8 N–H and O–H groups in total. The Hall–Kier alpha value is -4.49. The Kier molecular flexibility index (Phi) is 14.0. The number of likely N-dealkylation sites (N-methyl/N-ethyl adjacent to an activating group) is 2. The van der Waals surface area contributed by atoms with E-state index >= 15 is 0 Å². The van der Waals surface area contributed by atoms with Gasteiger partial charge in [-0.3, -0.25) is 19.0 Å². The summed E-state index contributed by atoms with van der Waals surface area (Å²) in [5.74, 6) is 3.30. The van der Waals surface area contributed by atoms with Gasteiger partial charge in [0.05, 0.1) is 46.8 Å². The Bertz CT molecular complexity index is 2020. The quantitative estimate of drug-likeness (QED) is 0.144. The summed E-state index contributed by atoms with van der Waals surface area (Å²) in [5.41, 5.74) is 23.6. The van der Waals surface area contributed by atoms with Crippen molar-refractivity contribution in [1.82, 2.24) is 59.5 Å². The van der Waals surface area contributed by atoms with Crippen LogP contribution in [0.5, 0.6) is 0 Å². The maximum absolute atomic E-state index is 5.91. The van der Waals surface area contributed by atoms with Crippen LogP contribution < -0.4 is 27.8 Å². The Morgan fingerprint density at radius 2 is 1.21 bits per heavy atom. The van der Waals surface area contributed by atoms with E-state index in [1.54, 1.807) is 31.1 Å². The maximum atomic E-state index is 5.91. The van der Waals surface area contributed by atoms with Gasteiger partial charge in [-0.15, -0.1) is 0 Å². The molecule has 302 valence electrons.